The van der Waals surface area contributed by atoms with Crippen LogP contribution in [-0.2, 0) is 0 Å². The molecule has 4 rings (SSSR count). The van der Waals surface area contributed by atoms with Crippen LogP contribution in [0.3, 0.4) is 0 Å². The van der Waals surface area contributed by atoms with Gasteiger partial charge in [-0.2, -0.15) is 4.98 Å². The van der Waals surface area contributed by atoms with E-state index in [1.165, 1.54) is 25.7 Å². The molecule has 2 aromatic heterocycles. The number of rotatable bonds is 2. The Labute approximate surface area is 116 Å². The average molecular weight is 275 g/mol. The second-order valence-electron chi connectivity index (χ2n) is 5.77. The molecule has 100 valence electrons. The molecule has 4 nitrogen and oxygen atoms in total. The number of ether oxygens (including phenoxy) is 1. The molecule has 0 saturated heterocycles. The van der Waals surface area contributed by atoms with Gasteiger partial charge >= 0.3 is 0 Å². The van der Waals surface area contributed by atoms with Gasteiger partial charge in [0.25, 0.3) is 0 Å². The standard InChI is InChI=1S/C14H17N3OS/c1-18-12-5-4-10-13(16-12)17(14(19)15-10)11-7-8-2-3-9(11)6-8/h4-5,8-9,11H,2-3,6-7H2,1H3,(H,15,19). The molecule has 3 atom stereocenters. The van der Waals surface area contributed by atoms with E-state index in [9.17, 15) is 0 Å². The average Bonchev–Trinajstić information content (AvgIpc) is 3.09. The normalized spacial score (nSPS) is 29.2. The third-order valence-corrected chi connectivity index (χ3v) is 5.08. The zero-order valence-electron chi connectivity index (χ0n) is 10.9. The lowest BCUT2D eigenvalue weighted by Gasteiger charge is -2.23. The fourth-order valence-corrected chi connectivity index (χ4v) is 4.26. The van der Waals surface area contributed by atoms with E-state index in [4.69, 9.17) is 17.0 Å². The van der Waals surface area contributed by atoms with Gasteiger partial charge in [0.05, 0.1) is 12.6 Å². The van der Waals surface area contributed by atoms with Crippen LogP contribution >= 0.6 is 12.2 Å². The highest BCUT2D eigenvalue weighted by Crippen LogP contribution is 2.51. The van der Waals surface area contributed by atoms with E-state index in [-0.39, 0.29) is 0 Å². The van der Waals surface area contributed by atoms with E-state index in [1.807, 2.05) is 12.1 Å². The van der Waals surface area contributed by atoms with Gasteiger partial charge in [-0.25, -0.2) is 0 Å². The van der Waals surface area contributed by atoms with Gasteiger partial charge in [-0.05, 0) is 49.4 Å². The van der Waals surface area contributed by atoms with E-state index < -0.39 is 0 Å². The molecule has 2 aliphatic rings. The van der Waals surface area contributed by atoms with Gasteiger partial charge in [-0.1, -0.05) is 6.42 Å². The summed E-state index contributed by atoms with van der Waals surface area (Å²) in [6.07, 6.45) is 5.36. The maximum absolute atomic E-state index is 5.51. The maximum Gasteiger partial charge on any atom is 0.215 e. The number of imidazole rings is 1. The Hall–Kier alpha value is -1.36. The van der Waals surface area contributed by atoms with Gasteiger partial charge in [0.1, 0.15) is 0 Å². The number of fused-ring (bicyclic) bond motifs is 3. The number of nitrogens with one attached hydrogen (secondary N) is 1. The summed E-state index contributed by atoms with van der Waals surface area (Å²) in [5.41, 5.74) is 1.95. The molecule has 2 aromatic rings. The number of aromatic nitrogens is 3. The van der Waals surface area contributed by atoms with Crippen LogP contribution in [0.15, 0.2) is 12.1 Å². The van der Waals surface area contributed by atoms with Gasteiger partial charge in [0.2, 0.25) is 5.88 Å². The van der Waals surface area contributed by atoms with Crippen LogP contribution in [0.25, 0.3) is 11.2 Å². The Balaban J connectivity index is 1.88. The minimum absolute atomic E-state index is 0.527. The van der Waals surface area contributed by atoms with Crippen molar-refractivity contribution in [3.63, 3.8) is 0 Å². The molecule has 0 spiro atoms. The molecule has 3 unspecified atom stereocenters. The number of methoxy groups -OCH3 is 1. The fourth-order valence-electron chi connectivity index (χ4n) is 3.93. The molecule has 2 heterocycles. The van der Waals surface area contributed by atoms with Crippen molar-refractivity contribution in [3.8, 4) is 5.88 Å². The first-order chi connectivity index (χ1) is 9.26. The summed E-state index contributed by atoms with van der Waals surface area (Å²) in [5.74, 6) is 2.33. The summed E-state index contributed by atoms with van der Waals surface area (Å²) in [6.45, 7) is 0. The Kier molecular flexibility index (Phi) is 2.45. The molecule has 0 amide bonds. The maximum atomic E-state index is 5.51. The fraction of sp³-hybridized carbons (Fsp3) is 0.571. The van der Waals surface area contributed by atoms with Crippen molar-refractivity contribution < 1.29 is 4.74 Å². The van der Waals surface area contributed by atoms with E-state index in [1.54, 1.807) is 7.11 Å². The number of nitrogens with zero attached hydrogens (tertiary/aromatic N) is 2. The molecular weight excluding hydrogens is 258 g/mol. The third kappa shape index (κ3) is 1.64. The first-order valence-electron chi connectivity index (χ1n) is 6.91. The number of pyridine rings is 1. The first kappa shape index (κ1) is 11.5. The second-order valence-corrected chi connectivity index (χ2v) is 6.15. The summed E-state index contributed by atoms with van der Waals surface area (Å²) in [5, 5.41) is 0. The van der Waals surface area contributed by atoms with Gasteiger partial charge < -0.3 is 9.72 Å². The van der Waals surface area contributed by atoms with Crippen molar-refractivity contribution in [2.75, 3.05) is 7.11 Å². The molecule has 0 aromatic carbocycles. The van der Waals surface area contributed by atoms with Gasteiger partial charge in [0, 0.05) is 12.1 Å². The van der Waals surface area contributed by atoms with Crippen molar-refractivity contribution in [2.45, 2.75) is 31.7 Å². The highest BCUT2D eigenvalue weighted by Gasteiger charge is 2.41. The largest absolute Gasteiger partial charge is 0.481 e. The van der Waals surface area contributed by atoms with E-state index in [0.717, 1.165) is 27.8 Å². The van der Waals surface area contributed by atoms with Gasteiger partial charge in [-0.3, -0.25) is 4.57 Å². The Morgan fingerprint density at radius 3 is 2.95 bits per heavy atom. The van der Waals surface area contributed by atoms with Crippen LogP contribution < -0.4 is 4.74 Å². The predicted molar refractivity (Wildman–Crippen MR) is 76.0 cm³/mol. The lowest BCUT2D eigenvalue weighted by molar-refractivity contribution is 0.331. The number of hydrogen-bond donors (Lipinski definition) is 1. The van der Waals surface area contributed by atoms with Crippen molar-refractivity contribution in [1.29, 1.82) is 0 Å². The third-order valence-electron chi connectivity index (χ3n) is 4.78. The molecule has 2 saturated carbocycles. The van der Waals surface area contributed by atoms with Crippen molar-refractivity contribution >= 4 is 23.4 Å². The van der Waals surface area contributed by atoms with E-state index >= 15 is 0 Å². The molecule has 0 radical (unpaired) electrons. The Morgan fingerprint density at radius 2 is 2.26 bits per heavy atom. The molecular formula is C14H17N3OS. The van der Waals surface area contributed by atoms with Crippen LogP contribution in [0, 0.1) is 16.6 Å². The van der Waals surface area contributed by atoms with E-state index in [0.29, 0.717) is 11.9 Å². The van der Waals surface area contributed by atoms with Crippen molar-refractivity contribution in [1.82, 2.24) is 14.5 Å². The molecule has 0 aliphatic heterocycles. The first-order valence-corrected chi connectivity index (χ1v) is 7.32. The zero-order valence-corrected chi connectivity index (χ0v) is 11.7. The zero-order chi connectivity index (χ0) is 13.0. The summed E-state index contributed by atoms with van der Waals surface area (Å²) in [6, 6.07) is 4.40. The summed E-state index contributed by atoms with van der Waals surface area (Å²) in [4.78, 5) is 7.86. The summed E-state index contributed by atoms with van der Waals surface area (Å²) >= 11 is 5.51. The van der Waals surface area contributed by atoms with E-state index in [2.05, 4.69) is 14.5 Å². The highest BCUT2D eigenvalue weighted by molar-refractivity contribution is 7.71. The number of hydrogen-bond acceptors (Lipinski definition) is 3. The smallest absolute Gasteiger partial charge is 0.215 e. The molecule has 2 aliphatic carbocycles. The minimum atomic E-state index is 0.527. The number of aromatic amines is 1. The second kappa shape index (κ2) is 4.07. The lowest BCUT2D eigenvalue weighted by atomic mass is 9.95. The minimum Gasteiger partial charge on any atom is -0.481 e. The number of H-pyrrole nitrogens is 1. The molecule has 2 fully saturated rings. The predicted octanol–water partition coefficient (Wildman–Crippen LogP) is 3.46. The monoisotopic (exact) mass is 275 g/mol. The molecule has 1 N–H and O–H groups in total. The molecule has 5 heteroatoms. The van der Waals surface area contributed by atoms with Crippen LogP contribution in [0.1, 0.15) is 31.7 Å². The van der Waals surface area contributed by atoms with Crippen LogP contribution in [0.4, 0.5) is 0 Å². The Bertz CT molecular complexity index is 690. The summed E-state index contributed by atoms with van der Waals surface area (Å²) < 4.78 is 8.27. The lowest BCUT2D eigenvalue weighted by Crippen LogP contribution is -2.16. The van der Waals surface area contributed by atoms with Gasteiger partial charge in [0.15, 0.2) is 10.4 Å². The molecule has 19 heavy (non-hydrogen) atoms. The molecule has 2 bridgehead atoms. The Morgan fingerprint density at radius 1 is 1.37 bits per heavy atom. The SMILES string of the molecule is COc1ccc2[nH]c(=S)n(C3CC4CCC3C4)c2n1. The van der Waals surface area contributed by atoms with Crippen molar-refractivity contribution in [2.24, 2.45) is 11.8 Å². The topological polar surface area (TPSA) is 42.8 Å². The van der Waals surface area contributed by atoms with Gasteiger partial charge in [-0.15, -0.1) is 0 Å². The van der Waals surface area contributed by atoms with Crippen LogP contribution in [-0.4, -0.2) is 21.6 Å². The van der Waals surface area contributed by atoms with Crippen molar-refractivity contribution in [3.05, 3.63) is 16.9 Å². The van der Waals surface area contributed by atoms with Crippen LogP contribution in [0.2, 0.25) is 0 Å². The quantitative estimate of drug-likeness (QED) is 0.853. The van der Waals surface area contributed by atoms with Crippen LogP contribution in [0.5, 0.6) is 5.88 Å². The summed E-state index contributed by atoms with van der Waals surface area (Å²) in [7, 11) is 1.65. The highest BCUT2D eigenvalue weighted by atomic mass is 32.1.